The Kier molecular flexibility index (Phi) is 4.49. The maximum absolute atomic E-state index is 11.9. The highest BCUT2D eigenvalue weighted by molar-refractivity contribution is 5.98. The molecule has 0 saturated heterocycles. The van der Waals surface area contributed by atoms with E-state index in [9.17, 15) is 14.4 Å². The molecule has 0 spiro atoms. The second kappa shape index (κ2) is 6.17. The number of hydrogen-bond acceptors (Lipinski definition) is 3. The van der Waals surface area contributed by atoms with Crippen molar-refractivity contribution < 1.29 is 19.5 Å². The molecule has 6 nitrogen and oxygen atoms in total. The summed E-state index contributed by atoms with van der Waals surface area (Å²) in [6, 6.07) is 6.87. The molecule has 2 rings (SSSR count). The minimum atomic E-state index is -1.13. The molecule has 0 aromatic heterocycles. The first-order chi connectivity index (χ1) is 10.3. The molecule has 1 aromatic carbocycles. The zero-order chi connectivity index (χ0) is 16.3. The van der Waals surface area contributed by atoms with Crippen molar-refractivity contribution in [1.29, 1.82) is 0 Å². The fourth-order valence-corrected chi connectivity index (χ4v) is 1.92. The lowest BCUT2D eigenvalue weighted by Crippen LogP contribution is -2.29. The van der Waals surface area contributed by atoms with Gasteiger partial charge in [0.25, 0.3) is 5.91 Å². The Bertz CT molecular complexity index is 606. The fraction of sp³-hybridized carbons (Fsp3) is 0.438. The molecular formula is C16H20N2O4. The number of carbonyl (C=O) groups is 3. The van der Waals surface area contributed by atoms with E-state index in [1.165, 1.54) is 13.8 Å². The van der Waals surface area contributed by atoms with E-state index in [-0.39, 0.29) is 18.4 Å². The van der Waals surface area contributed by atoms with Gasteiger partial charge in [-0.1, -0.05) is 6.07 Å². The Morgan fingerprint density at radius 1 is 1.27 bits per heavy atom. The number of carboxylic acid groups (broad SMARTS) is 1. The molecule has 22 heavy (non-hydrogen) atoms. The van der Waals surface area contributed by atoms with Gasteiger partial charge in [-0.05, 0) is 44.9 Å². The van der Waals surface area contributed by atoms with Crippen LogP contribution >= 0.6 is 0 Å². The zero-order valence-corrected chi connectivity index (χ0v) is 12.7. The highest BCUT2D eigenvalue weighted by Crippen LogP contribution is 2.22. The first-order valence-electron chi connectivity index (χ1n) is 7.22. The molecule has 1 saturated carbocycles. The van der Waals surface area contributed by atoms with Gasteiger partial charge in [-0.2, -0.15) is 0 Å². The van der Waals surface area contributed by atoms with Gasteiger partial charge < -0.3 is 15.7 Å². The highest BCUT2D eigenvalue weighted by atomic mass is 16.4. The number of anilines is 1. The Hall–Kier alpha value is -2.37. The van der Waals surface area contributed by atoms with Crippen LogP contribution < -0.4 is 10.6 Å². The smallest absolute Gasteiger partial charge is 0.309 e. The molecule has 1 fully saturated rings. The van der Waals surface area contributed by atoms with Crippen LogP contribution in [0, 0.1) is 5.41 Å². The molecule has 2 amide bonds. The highest BCUT2D eigenvalue weighted by Gasteiger charge is 2.30. The third-order valence-corrected chi connectivity index (χ3v) is 3.50. The van der Waals surface area contributed by atoms with Gasteiger partial charge in [0.1, 0.15) is 0 Å². The van der Waals surface area contributed by atoms with Crippen molar-refractivity contribution in [3.63, 3.8) is 0 Å². The van der Waals surface area contributed by atoms with E-state index >= 15 is 0 Å². The monoisotopic (exact) mass is 304 g/mol. The molecule has 0 bridgehead atoms. The lowest BCUT2D eigenvalue weighted by Gasteiger charge is -2.18. The summed E-state index contributed by atoms with van der Waals surface area (Å²) in [5, 5.41) is 14.5. The molecule has 6 heteroatoms. The van der Waals surface area contributed by atoms with E-state index in [1.54, 1.807) is 24.3 Å². The molecule has 0 heterocycles. The number of hydrogen-bond donors (Lipinski definition) is 3. The molecule has 0 radical (unpaired) electrons. The largest absolute Gasteiger partial charge is 0.481 e. The van der Waals surface area contributed by atoms with Gasteiger partial charge in [0.2, 0.25) is 5.91 Å². The summed E-state index contributed by atoms with van der Waals surface area (Å²) in [5.41, 5.74) is -0.178. The number of carboxylic acids is 1. The summed E-state index contributed by atoms with van der Waals surface area (Å²) in [5.74, 6) is -1.59. The van der Waals surface area contributed by atoms with Crippen LogP contribution in [-0.2, 0) is 9.59 Å². The average molecular weight is 304 g/mol. The summed E-state index contributed by atoms with van der Waals surface area (Å²) in [6.07, 6.45) is 1.87. The first kappa shape index (κ1) is 16.0. The van der Waals surface area contributed by atoms with Gasteiger partial charge in [-0.15, -0.1) is 0 Å². The van der Waals surface area contributed by atoms with Crippen LogP contribution in [0.2, 0.25) is 0 Å². The summed E-state index contributed by atoms with van der Waals surface area (Å²) in [6.45, 7) is 2.99. The SMILES string of the molecule is CC(C)(CC(=O)Nc1cccc(C(=O)NC2CC2)c1)C(=O)O. The van der Waals surface area contributed by atoms with Crippen molar-refractivity contribution in [3.05, 3.63) is 29.8 Å². The summed E-state index contributed by atoms with van der Waals surface area (Å²) >= 11 is 0. The summed E-state index contributed by atoms with van der Waals surface area (Å²) in [7, 11) is 0. The van der Waals surface area contributed by atoms with Crippen LogP contribution in [0.25, 0.3) is 0 Å². The molecule has 0 aliphatic heterocycles. The number of amides is 2. The number of nitrogens with one attached hydrogen (secondary N) is 2. The second-order valence-electron chi connectivity index (χ2n) is 6.24. The van der Waals surface area contributed by atoms with Gasteiger partial charge >= 0.3 is 5.97 Å². The Labute approximate surface area is 128 Å². The van der Waals surface area contributed by atoms with E-state index in [0.29, 0.717) is 11.3 Å². The third-order valence-electron chi connectivity index (χ3n) is 3.50. The normalized spacial score (nSPS) is 14.3. The number of aliphatic carboxylic acids is 1. The third kappa shape index (κ3) is 4.31. The Balaban J connectivity index is 1.99. The van der Waals surface area contributed by atoms with E-state index < -0.39 is 17.3 Å². The van der Waals surface area contributed by atoms with Crippen molar-refractivity contribution in [2.24, 2.45) is 5.41 Å². The number of benzene rings is 1. The molecule has 1 aromatic rings. The minimum Gasteiger partial charge on any atom is -0.481 e. The van der Waals surface area contributed by atoms with E-state index in [2.05, 4.69) is 10.6 Å². The minimum absolute atomic E-state index is 0.138. The molecule has 0 atom stereocenters. The molecular weight excluding hydrogens is 284 g/mol. The molecule has 3 N–H and O–H groups in total. The molecule has 118 valence electrons. The van der Waals surface area contributed by atoms with Crippen molar-refractivity contribution in [3.8, 4) is 0 Å². The van der Waals surface area contributed by atoms with E-state index in [4.69, 9.17) is 5.11 Å². The maximum Gasteiger partial charge on any atom is 0.309 e. The summed E-state index contributed by atoms with van der Waals surface area (Å²) < 4.78 is 0. The number of rotatable bonds is 6. The topological polar surface area (TPSA) is 95.5 Å². The fourth-order valence-electron chi connectivity index (χ4n) is 1.92. The predicted octanol–water partition coefficient (Wildman–Crippen LogP) is 2.02. The standard InChI is InChI=1S/C16H20N2O4/c1-16(2,15(21)22)9-13(19)17-12-5-3-4-10(8-12)14(20)18-11-6-7-11/h3-5,8,11H,6-7,9H2,1-2H3,(H,17,19)(H,18,20)(H,21,22). The van der Waals surface area contributed by atoms with Gasteiger partial charge in [-0.25, -0.2) is 0 Å². The van der Waals surface area contributed by atoms with Crippen molar-refractivity contribution in [2.45, 2.75) is 39.2 Å². The molecule has 1 aliphatic carbocycles. The van der Waals surface area contributed by atoms with Crippen LogP contribution in [0.4, 0.5) is 5.69 Å². The molecule has 0 unspecified atom stereocenters. The summed E-state index contributed by atoms with van der Waals surface area (Å²) in [4.78, 5) is 34.9. The van der Waals surface area contributed by atoms with Crippen LogP contribution in [0.3, 0.4) is 0 Å². The van der Waals surface area contributed by atoms with Gasteiger partial charge in [-0.3, -0.25) is 14.4 Å². The molecule has 1 aliphatic rings. The van der Waals surface area contributed by atoms with Gasteiger partial charge in [0.15, 0.2) is 0 Å². The average Bonchev–Trinajstić information content (AvgIpc) is 3.22. The van der Waals surface area contributed by atoms with Crippen molar-refractivity contribution in [1.82, 2.24) is 5.32 Å². The van der Waals surface area contributed by atoms with E-state index in [1.807, 2.05) is 0 Å². The Morgan fingerprint density at radius 2 is 1.95 bits per heavy atom. The predicted molar refractivity (Wildman–Crippen MR) is 81.6 cm³/mol. The quantitative estimate of drug-likeness (QED) is 0.749. The first-order valence-corrected chi connectivity index (χ1v) is 7.22. The van der Waals surface area contributed by atoms with Crippen LogP contribution in [0.15, 0.2) is 24.3 Å². The lowest BCUT2D eigenvalue weighted by atomic mass is 9.89. The zero-order valence-electron chi connectivity index (χ0n) is 12.7. The number of carbonyl (C=O) groups excluding carboxylic acids is 2. The van der Waals surface area contributed by atoms with Crippen molar-refractivity contribution >= 4 is 23.5 Å². The van der Waals surface area contributed by atoms with Gasteiger partial charge in [0, 0.05) is 23.7 Å². The Morgan fingerprint density at radius 3 is 2.55 bits per heavy atom. The van der Waals surface area contributed by atoms with Crippen molar-refractivity contribution in [2.75, 3.05) is 5.32 Å². The van der Waals surface area contributed by atoms with Crippen LogP contribution in [0.1, 0.15) is 43.5 Å². The van der Waals surface area contributed by atoms with Crippen LogP contribution in [0.5, 0.6) is 0 Å². The van der Waals surface area contributed by atoms with Crippen LogP contribution in [-0.4, -0.2) is 28.9 Å². The maximum atomic E-state index is 11.9. The lowest BCUT2D eigenvalue weighted by molar-refractivity contribution is -0.148. The second-order valence-corrected chi connectivity index (χ2v) is 6.24. The van der Waals surface area contributed by atoms with Gasteiger partial charge in [0.05, 0.1) is 5.41 Å². The van der Waals surface area contributed by atoms with E-state index in [0.717, 1.165) is 12.8 Å².